The van der Waals surface area contributed by atoms with Gasteiger partial charge >= 0.3 is 0 Å². The van der Waals surface area contributed by atoms with E-state index >= 15 is 0 Å². The van der Waals surface area contributed by atoms with Gasteiger partial charge in [0.25, 0.3) is 0 Å². The first-order chi connectivity index (χ1) is 6.51. The minimum Gasteiger partial charge on any atom is -0.317 e. The summed E-state index contributed by atoms with van der Waals surface area (Å²) in [5, 5.41) is 6.83. The van der Waals surface area contributed by atoms with Crippen molar-refractivity contribution in [1.82, 2.24) is 9.78 Å². The number of nitrogens with zero attached hydrogens (tertiary/aromatic N) is 2. The Morgan fingerprint density at radius 2 is 2.36 bits per heavy atom. The van der Waals surface area contributed by atoms with Crippen LogP contribution in [0.5, 0.6) is 0 Å². The fraction of sp³-hybridized carbons (Fsp3) is 0.556. The van der Waals surface area contributed by atoms with Crippen LogP contribution in [0.25, 0.3) is 0 Å². The van der Waals surface area contributed by atoms with Gasteiger partial charge in [0.05, 0.1) is 5.54 Å². The number of nitrogens with one attached hydrogen (secondary N) is 1. The minimum absolute atomic E-state index is 0.129. The Hall–Kier alpha value is -1.36. The van der Waals surface area contributed by atoms with E-state index in [2.05, 4.69) is 10.4 Å². The second kappa shape index (κ2) is 2.81. The van der Waals surface area contributed by atoms with E-state index in [0.717, 1.165) is 18.5 Å². The number of anilines is 1. The topological polar surface area (TPSA) is 72.9 Å². The second-order valence-electron chi connectivity index (χ2n) is 3.90. The predicted octanol–water partition coefficient (Wildman–Crippen LogP) is 0.158. The smallest absolute Gasteiger partial charge is 0.245 e. The van der Waals surface area contributed by atoms with Crippen molar-refractivity contribution in [2.24, 2.45) is 12.8 Å². The monoisotopic (exact) mass is 194 g/mol. The number of carbonyl (C=O) groups is 1. The van der Waals surface area contributed by atoms with Crippen molar-refractivity contribution in [3.05, 3.63) is 11.8 Å². The van der Waals surface area contributed by atoms with Crippen LogP contribution in [0.15, 0.2) is 6.07 Å². The Kier molecular flexibility index (Phi) is 1.85. The van der Waals surface area contributed by atoms with Gasteiger partial charge in [0.15, 0.2) is 5.82 Å². The standard InChI is InChI=1S/C9H14N4O/c1-6-5-7(12-13(6)2)11-8(14)9(10)3-4-9/h5H,3-4,10H2,1-2H3,(H,11,12,14). The van der Waals surface area contributed by atoms with Gasteiger partial charge in [0, 0.05) is 18.8 Å². The lowest BCUT2D eigenvalue weighted by Gasteiger charge is -2.06. The molecule has 5 nitrogen and oxygen atoms in total. The van der Waals surface area contributed by atoms with Gasteiger partial charge in [0.1, 0.15) is 0 Å². The number of aromatic nitrogens is 2. The molecule has 1 fully saturated rings. The van der Waals surface area contributed by atoms with Crippen molar-refractivity contribution < 1.29 is 4.79 Å². The van der Waals surface area contributed by atoms with E-state index in [1.54, 1.807) is 4.68 Å². The molecule has 0 saturated heterocycles. The highest BCUT2D eigenvalue weighted by atomic mass is 16.2. The van der Waals surface area contributed by atoms with Gasteiger partial charge in [-0.3, -0.25) is 9.48 Å². The summed E-state index contributed by atoms with van der Waals surface area (Å²) in [5.41, 5.74) is 6.10. The quantitative estimate of drug-likeness (QED) is 0.704. The van der Waals surface area contributed by atoms with Gasteiger partial charge < -0.3 is 11.1 Å². The molecule has 1 aliphatic rings. The summed E-state index contributed by atoms with van der Waals surface area (Å²) in [7, 11) is 1.83. The minimum atomic E-state index is -0.634. The molecule has 1 aromatic heterocycles. The SMILES string of the molecule is Cc1cc(NC(=O)C2(N)CC2)nn1C. The molecule has 0 aliphatic heterocycles. The van der Waals surface area contributed by atoms with E-state index in [4.69, 9.17) is 5.73 Å². The molecule has 0 atom stereocenters. The third-order valence-corrected chi connectivity index (χ3v) is 2.60. The molecule has 0 spiro atoms. The van der Waals surface area contributed by atoms with Gasteiger partial charge in [-0.1, -0.05) is 0 Å². The van der Waals surface area contributed by atoms with Crippen LogP contribution in [0.2, 0.25) is 0 Å². The van der Waals surface area contributed by atoms with Gasteiger partial charge in [-0.25, -0.2) is 0 Å². The third kappa shape index (κ3) is 1.50. The summed E-state index contributed by atoms with van der Waals surface area (Å²) >= 11 is 0. The summed E-state index contributed by atoms with van der Waals surface area (Å²) in [4.78, 5) is 11.5. The highest BCUT2D eigenvalue weighted by Crippen LogP contribution is 2.33. The van der Waals surface area contributed by atoms with Crippen LogP contribution in [0.4, 0.5) is 5.82 Å². The van der Waals surface area contributed by atoms with Gasteiger partial charge in [0.2, 0.25) is 5.91 Å². The molecule has 0 unspecified atom stereocenters. The van der Waals surface area contributed by atoms with Crippen molar-refractivity contribution in [3.63, 3.8) is 0 Å². The lowest BCUT2D eigenvalue weighted by molar-refractivity contribution is -0.118. The highest BCUT2D eigenvalue weighted by Gasteiger charge is 2.46. The number of carbonyl (C=O) groups excluding carboxylic acids is 1. The first kappa shape index (κ1) is 9.21. The van der Waals surface area contributed by atoms with E-state index in [1.807, 2.05) is 20.0 Å². The first-order valence-electron chi connectivity index (χ1n) is 4.62. The van der Waals surface area contributed by atoms with E-state index in [0.29, 0.717) is 5.82 Å². The van der Waals surface area contributed by atoms with Crippen LogP contribution in [0, 0.1) is 6.92 Å². The van der Waals surface area contributed by atoms with Crippen LogP contribution in [-0.4, -0.2) is 21.2 Å². The maximum absolute atomic E-state index is 11.5. The molecule has 1 saturated carbocycles. The molecule has 2 rings (SSSR count). The fourth-order valence-corrected chi connectivity index (χ4v) is 1.22. The van der Waals surface area contributed by atoms with Crippen molar-refractivity contribution in [2.45, 2.75) is 25.3 Å². The number of nitrogens with two attached hydrogens (primary N) is 1. The summed E-state index contributed by atoms with van der Waals surface area (Å²) in [6, 6.07) is 1.82. The van der Waals surface area contributed by atoms with Gasteiger partial charge in [-0.2, -0.15) is 5.10 Å². The van der Waals surface area contributed by atoms with E-state index in [1.165, 1.54) is 0 Å². The van der Waals surface area contributed by atoms with Crippen molar-refractivity contribution in [1.29, 1.82) is 0 Å². The molecule has 1 aromatic rings. The molecule has 1 amide bonds. The molecular weight excluding hydrogens is 180 g/mol. The lowest BCUT2D eigenvalue weighted by Crippen LogP contribution is -2.37. The van der Waals surface area contributed by atoms with Gasteiger partial charge in [-0.05, 0) is 19.8 Å². The Morgan fingerprint density at radius 1 is 1.71 bits per heavy atom. The van der Waals surface area contributed by atoms with Crippen molar-refractivity contribution >= 4 is 11.7 Å². The molecule has 0 bridgehead atoms. The van der Waals surface area contributed by atoms with Crippen LogP contribution in [0.3, 0.4) is 0 Å². The maximum atomic E-state index is 11.5. The summed E-state index contributed by atoms with van der Waals surface area (Å²) in [6.45, 7) is 1.93. The normalized spacial score (nSPS) is 17.9. The Balaban J connectivity index is 2.07. The molecule has 0 aromatic carbocycles. The number of hydrogen-bond donors (Lipinski definition) is 2. The average molecular weight is 194 g/mol. The zero-order valence-electron chi connectivity index (χ0n) is 8.37. The third-order valence-electron chi connectivity index (χ3n) is 2.60. The van der Waals surface area contributed by atoms with Gasteiger partial charge in [-0.15, -0.1) is 0 Å². The fourth-order valence-electron chi connectivity index (χ4n) is 1.22. The molecule has 1 heterocycles. The second-order valence-corrected chi connectivity index (χ2v) is 3.90. The average Bonchev–Trinajstić information content (AvgIpc) is 2.77. The highest BCUT2D eigenvalue weighted by molar-refractivity contribution is 5.99. The Bertz CT molecular complexity index is 359. The number of aryl methyl sites for hydroxylation is 2. The summed E-state index contributed by atoms with van der Waals surface area (Å²) in [5.74, 6) is 0.447. The predicted molar refractivity (Wildman–Crippen MR) is 52.7 cm³/mol. The van der Waals surface area contributed by atoms with E-state index in [9.17, 15) is 4.79 Å². The number of hydrogen-bond acceptors (Lipinski definition) is 3. The Labute approximate surface area is 82.3 Å². The molecule has 14 heavy (non-hydrogen) atoms. The lowest BCUT2D eigenvalue weighted by atomic mass is 10.3. The zero-order chi connectivity index (χ0) is 10.3. The van der Waals surface area contributed by atoms with Crippen LogP contribution in [-0.2, 0) is 11.8 Å². The summed E-state index contributed by atoms with van der Waals surface area (Å²) < 4.78 is 1.71. The zero-order valence-corrected chi connectivity index (χ0v) is 8.37. The van der Waals surface area contributed by atoms with E-state index in [-0.39, 0.29) is 5.91 Å². The molecule has 5 heteroatoms. The Morgan fingerprint density at radius 3 is 2.79 bits per heavy atom. The number of rotatable bonds is 2. The molecular formula is C9H14N4O. The number of amides is 1. The maximum Gasteiger partial charge on any atom is 0.245 e. The van der Waals surface area contributed by atoms with Crippen LogP contribution in [0.1, 0.15) is 18.5 Å². The molecule has 76 valence electrons. The first-order valence-corrected chi connectivity index (χ1v) is 4.62. The summed E-state index contributed by atoms with van der Waals surface area (Å²) in [6.07, 6.45) is 1.54. The largest absolute Gasteiger partial charge is 0.317 e. The van der Waals surface area contributed by atoms with Crippen molar-refractivity contribution in [2.75, 3.05) is 5.32 Å². The molecule has 3 N–H and O–H groups in total. The molecule has 0 radical (unpaired) electrons. The van der Waals surface area contributed by atoms with E-state index < -0.39 is 5.54 Å². The van der Waals surface area contributed by atoms with Crippen molar-refractivity contribution in [3.8, 4) is 0 Å². The van der Waals surface area contributed by atoms with Crippen LogP contribution < -0.4 is 11.1 Å². The molecule has 1 aliphatic carbocycles. The van der Waals surface area contributed by atoms with Crippen LogP contribution >= 0.6 is 0 Å².